The van der Waals surface area contributed by atoms with Crippen molar-refractivity contribution < 1.29 is 13.2 Å². The maximum atomic E-state index is 10.8. The minimum Gasteiger partial charge on any atom is -0.380 e. The minimum absolute atomic E-state index is 0.0731. The molecule has 0 radical (unpaired) electrons. The van der Waals surface area contributed by atoms with Crippen LogP contribution in [0.2, 0.25) is 0 Å². The van der Waals surface area contributed by atoms with Gasteiger partial charge in [0.15, 0.2) is 0 Å². The first-order valence-corrected chi connectivity index (χ1v) is 7.69. The summed E-state index contributed by atoms with van der Waals surface area (Å²) in [5.74, 6) is 2.33. The van der Waals surface area contributed by atoms with Crippen molar-refractivity contribution in [1.82, 2.24) is 0 Å². The van der Waals surface area contributed by atoms with Crippen LogP contribution in [0.25, 0.3) is 0 Å². The van der Waals surface area contributed by atoms with E-state index in [0.717, 1.165) is 17.9 Å². The largest absolute Gasteiger partial charge is 0.380 e. The van der Waals surface area contributed by atoms with Crippen molar-refractivity contribution in [2.24, 2.45) is 5.92 Å². The normalized spacial score (nSPS) is 26.2. The van der Waals surface area contributed by atoms with Crippen molar-refractivity contribution in [3.8, 4) is 0 Å². The zero-order valence-electron chi connectivity index (χ0n) is 7.40. The average molecular weight is 245 g/mol. The Labute approximate surface area is 87.6 Å². The summed E-state index contributed by atoms with van der Waals surface area (Å²) in [6.45, 7) is 0. The molecule has 1 heterocycles. The third-order valence-electron chi connectivity index (χ3n) is 2.16. The highest BCUT2D eigenvalue weighted by molar-refractivity contribution is 8.13. The molecule has 0 amide bonds. The van der Waals surface area contributed by atoms with Gasteiger partial charge in [-0.2, -0.15) is 11.8 Å². The third kappa shape index (κ3) is 4.06. The zero-order chi connectivity index (χ0) is 9.90. The summed E-state index contributed by atoms with van der Waals surface area (Å²) in [7, 11) is 3.27. The minimum atomic E-state index is -3.43. The van der Waals surface area contributed by atoms with E-state index in [4.69, 9.17) is 15.4 Å². The lowest BCUT2D eigenvalue weighted by Crippen LogP contribution is -2.29. The maximum absolute atomic E-state index is 10.8. The van der Waals surface area contributed by atoms with Crippen molar-refractivity contribution in [1.29, 1.82) is 0 Å². The molecule has 0 aliphatic carbocycles. The molecule has 0 aromatic rings. The summed E-state index contributed by atoms with van der Waals surface area (Å²) in [5.41, 5.74) is 0. The Morgan fingerprint density at radius 1 is 1.69 bits per heavy atom. The molecule has 6 heteroatoms. The molecule has 1 aliphatic rings. The third-order valence-corrected chi connectivity index (χ3v) is 4.45. The van der Waals surface area contributed by atoms with Crippen LogP contribution in [0.5, 0.6) is 0 Å². The Hall–Kier alpha value is 0.550. The molecule has 0 N–H and O–H groups in total. The maximum Gasteiger partial charge on any atom is 0.235 e. The summed E-state index contributed by atoms with van der Waals surface area (Å²) >= 11 is 1.83. The van der Waals surface area contributed by atoms with Gasteiger partial charge in [0.1, 0.15) is 0 Å². The molecule has 1 rings (SSSR count). The van der Waals surface area contributed by atoms with Gasteiger partial charge in [0.05, 0.1) is 11.9 Å². The summed E-state index contributed by atoms with van der Waals surface area (Å²) < 4.78 is 26.8. The highest BCUT2D eigenvalue weighted by atomic mass is 35.7. The van der Waals surface area contributed by atoms with Crippen molar-refractivity contribution in [3.63, 3.8) is 0 Å². The summed E-state index contributed by atoms with van der Waals surface area (Å²) in [4.78, 5) is 0. The molecule has 0 spiro atoms. The second-order valence-electron chi connectivity index (χ2n) is 3.10. The van der Waals surface area contributed by atoms with E-state index in [1.165, 1.54) is 7.11 Å². The van der Waals surface area contributed by atoms with Gasteiger partial charge in [0, 0.05) is 17.8 Å². The van der Waals surface area contributed by atoms with E-state index in [1.54, 1.807) is 0 Å². The van der Waals surface area contributed by atoms with Gasteiger partial charge in [-0.15, -0.1) is 0 Å². The van der Waals surface area contributed by atoms with Gasteiger partial charge in [-0.25, -0.2) is 8.42 Å². The molecule has 0 saturated carbocycles. The molecular formula is C7H13ClO3S2. The molecule has 0 aromatic carbocycles. The number of hydrogen-bond donors (Lipinski definition) is 0. The van der Waals surface area contributed by atoms with E-state index in [0.29, 0.717) is 5.92 Å². The van der Waals surface area contributed by atoms with Crippen LogP contribution in [-0.2, 0) is 13.8 Å². The Balaban J connectivity index is 2.51. The van der Waals surface area contributed by atoms with Crippen molar-refractivity contribution in [2.45, 2.75) is 12.5 Å². The second-order valence-corrected chi connectivity index (χ2v) is 7.07. The first kappa shape index (κ1) is 11.6. The standard InChI is InChI=1S/C7H13ClO3S2/c1-11-7(5-13(8,9)10)6-2-3-12-4-6/h6-7H,2-5H2,1H3. The van der Waals surface area contributed by atoms with E-state index in [2.05, 4.69) is 0 Å². The average Bonchev–Trinajstić information content (AvgIpc) is 2.50. The summed E-state index contributed by atoms with van der Waals surface area (Å²) in [5, 5.41) is 0. The van der Waals surface area contributed by atoms with Crippen LogP contribution < -0.4 is 0 Å². The fourth-order valence-electron chi connectivity index (χ4n) is 1.44. The fraction of sp³-hybridized carbons (Fsp3) is 1.00. The van der Waals surface area contributed by atoms with Gasteiger partial charge in [0.2, 0.25) is 9.05 Å². The van der Waals surface area contributed by atoms with Crippen LogP contribution in [-0.4, -0.2) is 38.9 Å². The number of ether oxygens (including phenoxy) is 1. The molecule has 2 unspecified atom stereocenters. The Bertz CT molecular complexity index is 246. The van der Waals surface area contributed by atoms with Crippen LogP contribution in [0.4, 0.5) is 0 Å². The quantitative estimate of drug-likeness (QED) is 0.700. The lowest BCUT2D eigenvalue weighted by atomic mass is 10.0. The van der Waals surface area contributed by atoms with Gasteiger partial charge >= 0.3 is 0 Å². The van der Waals surface area contributed by atoms with Gasteiger partial charge in [0.25, 0.3) is 0 Å². The number of rotatable bonds is 4. The van der Waals surface area contributed by atoms with E-state index in [1.807, 2.05) is 11.8 Å². The van der Waals surface area contributed by atoms with Gasteiger partial charge in [-0.05, 0) is 23.8 Å². The highest BCUT2D eigenvalue weighted by Gasteiger charge is 2.28. The first-order chi connectivity index (χ1) is 6.03. The molecule has 3 nitrogen and oxygen atoms in total. The Kier molecular flexibility index (Phi) is 4.35. The summed E-state index contributed by atoms with van der Waals surface area (Å²) in [6, 6.07) is 0. The van der Waals surface area contributed by atoms with E-state index in [9.17, 15) is 8.42 Å². The fourth-order valence-corrected chi connectivity index (χ4v) is 3.93. The number of hydrogen-bond acceptors (Lipinski definition) is 4. The monoisotopic (exact) mass is 244 g/mol. The summed E-state index contributed by atoms with van der Waals surface area (Å²) in [6.07, 6.45) is 0.785. The Morgan fingerprint density at radius 2 is 2.38 bits per heavy atom. The second kappa shape index (κ2) is 4.87. The molecular weight excluding hydrogens is 232 g/mol. The smallest absolute Gasteiger partial charge is 0.235 e. The van der Waals surface area contributed by atoms with Gasteiger partial charge in [-0.3, -0.25) is 0 Å². The number of thioether (sulfide) groups is 1. The van der Waals surface area contributed by atoms with Crippen molar-refractivity contribution in [3.05, 3.63) is 0 Å². The zero-order valence-corrected chi connectivity index (χ0v) is 9.79. The lowest BCUT2D eigenvalue weighted by Gasteiger charge is -2.19. The SMILES string of the molecule is COC(CS(=O)(=O)Cl)C1CCSC1. The van der Waals surface area contributed by atoms with Crippen molar-refractivity contribution >= 4 is 31.5 Å². The van der Waals surface area contributed by atoms with Crippen LogP contribution in [0.1, 0.15) is 6.42 Å². The molecule has 0 aromatic heterocycles. The first-order valence-electron chi connectivity index (χ1n) is 4.06. The molecule has 78 valence electrons. The van der Waals surface area contributed by atoms with Gasteiger partial charge in [-0.1, -0.05) is 0 Å². The predicted molar refractivity (Wildman–Crippen MR) is 55.9 cm³/mol. The molecule has 1 fully saturated rings. The van der Waals surface area contributed by atoms with E-state index < -0.39 is 9.05 Å². The number of methoxy groups -OCH3 is 1. The Morgan fingerprint density at radius 3 is 2.77 bits per heavy atom. The topological polar surface area (TPSA) is 43.4 Å². The lowest BCUT2D eigenvalue weighted by molar-refractivity contribution is 0.0792. The predicted octanol–water partition coefficient (Wildman–Crippen LogP) is 1.32. The molecule has 1 saturated heterocycles. The highest BCUT2D eigenvalue weighted by Crippen LogP contribution is 2.28. The van der Waals surface area contributed by atoms with Crippen LogP contribution in [0.15, 0.2) is 0 Å². The van der Waals surface area contributed by atoms with Crippen LogP contribution in [0, 0.1) is 5.92 Å². The van der Waals surface area contributed by atoms with E-state index >= 15 is 0 Å². The van der Waals surface area contributed by atoms with E-state index in [-0.39, 0.29) is 11.9 Å². The van der Waals surface area contributed by atoms with Crippen LogP contribution in [0.3, 0.4) is 0 Å². The molecule has 13 heavy (non-hydrogen) atoms. The number of halogens is 1. The molecule has 0 bridgehead atoms. The molecule has 1 aliphatic heterocycles. The van der Waals surface area contributed by atoms with Gasteiger partial charge < -0.3 is 4.74 Å². The van der Waals surface area contributed by atoms with Crippen molar-refractivity contribution in [2.75, 3.05) is 24.4 Å². The van der Waals surface area contributed by atoms with Crippen LogP contribution >= 0.6 is 22.4 Å². The molecule has 2 atom stereocenters.